The highest BCUT2D eigenvalue weighted by Gasteiger charge is 2.05. The van der Waals surface area contributed by atoms with Crippen LogP contribution in [0.5, 0.6) is 0 Å². The van der Waals surface area contributed by atoms with E-state index in [0.29, 0.717) is 11.1 Å². The summed E-state index contributed by atoms with van der Waals surface area (Å²) in [7, 11) is 0. The molecule has 0 saturated heterocycles. The zero-order valence-electron chi connectivity index (χ0n) is 6.79. The summed E-state index contributed by atoms with van der Waals surface area (Å²) in [6, 6.07) is 5.58. The first-order valence-electron chi connectivity index (χ1n) is 3.78. The summed E-state index contributed by atoms with van der Waals surface area (Å²) in [5.74, 6) is 0. The molecule has 0 unspecified atom stereocenters. The molecular weight excluding hydrogens is 226 g/mol. The third-order valence-corrected chi connectivity index (χ3v) is 2.77. The molecule has 0 bridgehead atoms. The topological polar surface area (TPSA) is 12.9 Å². The van der Waals surface area contributed by atoms with Crippen molar-refractivity contribution < 1.29 is 0 Å². The Morgan fingerprint density at radius 1 is 1.31 bits per heavy atom. The van der Waals surface area contributed by atoms with E-state index in [1.807, 2.05) is 12.1 Å². The second-order valence-electron chi connectivity index (χ2n) is 2.76. The van der Waals surface area contributed by atoms with Crippen molar-refractivity contribution >= 4 is 26.8 Å². The summed E-state index contributed by atoms with van der Waals surface area (Å²) in [6.45, 7) is 11.4. The van der Waals surface area contributed by atoms with Gasteiger partial charge in [0.25, 0.3) is 0 Å². The molecule has 1 aromatic heterocycles. The summed E-state index contributed by atoms with van der Waals surface area (Å²) >= 11 is 3.39. The molecule has 0 fully saturated rings. The van der Waals surface area contributed by atoms with Gasteiger partial charge >= 0.3 is 0 Å². The molecule has 0 aliphatic carbocycles. The summed E-state index contributed by atoms with van der Waals surface area (Å²) in [5.41, 5.74) is 1.97. The summed E-state index contributed by atoms with van der Waals surface area (Å²) in [6.07, 6.45) is 1.73. The number of halogens is 1. The lowest BCUT2D eigenvalue weighted by molar-refractivity contribution is 1.39. The van der Waals surface area contributed by atoms with Gasteiger partial charge in [-0.2, -0.15) is 0 Å². The van der Waals surface area contributed by atoms with Crippen molar-refractivity contribution in [2.75, 3.05) is 0 Å². The van der Waals surface area contributed by atoms with Crippen LogP contribution in [0.1, 0.15) is 11.1 Å². The number of aromatic nitrogens is 1. The molecule has 2 heteroatoms. The van der Waals surface area contributed by atoms with Gasteiger partial charge in [-0.1, -0.05) is 6.07 Å². The summed E-state index contributed by atoms with van der Waals surface area (Å²) < 4.78 is 0.815. The average molecular weight is 232 g/mol. The van der Waals surface area contributed by atoms with E-state index in [2.05, 4.69) is 20.9 Å². The maximum Gasteiger partial charge on any atom is 0.0716 e. The Labute approximate surface area is 85.9 Å². The predicted octanol–water partition coefficient (Wildman–Crippen LogP) is 3.12. The highest BCUT2D eigenvalue weighted by Crippen LogP contribution is 2.28. The Morgan fingerprint density at radius 2 is 2.08 bits per heavy atom. The molecule has 0 amide bonds. The molecule has 62 valence electrons. The van der Waals surface area contributed by atoms with Gasteiger partial charge in [-0.25, -0.2) is 0 Å². The van der Waals surface area contributed by atoms with Crippen LogP contribution in [-0.2, 0) is 0 Å². The lowest BCUT2D eigenvalue weighted by atomic mass is 10.1. The Morgan fingerprint density at radius 3 is 2.85 bits per heavy atom. The Bertz CT molecular complexity index is 463. The first kappa shape index (κ1) is 8.70. The number of hydrogen-bond donors (Lipinski definition) is 0. The molecule has 2 rings (SSSR count). The fourth-order valence-electron chi connectivity index (χ4n) is 1.21. The van der Waals surface area contributed by atoms with Crippen molar-refractivity contribution in [1.82, 2.24) is 4.98 Å². The van der Waals surface area contributed by atoms with Crippen molar-refractivity contribution in [2.24, 2.45) is 0 Å². The van der Waals surface area contributed by atoms with E-state index in [0.717, 1.165) is 15.4 Å². The van der Waals surface area contributed by atoms with Gasteiger partial charge in [0.2, 0.25) is 0 Å². The first-order chi connectivity index (χ1) is 6.20. The molecule has 13 heavy (non-hydrogen) atoms. The smallest absolute Gasteiger partial charge is 0.0716 e. The minimum Gasteiger partial charge on any atom is -0.256 e. The van der Waals surface area contributed by atoms with Crippen LogP contribution in [0.2, 0.25) is 0 Å². The monoisotopic (exact) mass is 231 g/mol. The van der Waals surface area contributed by atoms with Crippen LogP contribution in [0.3, 0.4) is 0 Å². The van der Waals surface area contributed by atoms with Crippen LogP contribution >= 0.6 is 15.9 Å². The van der Waals surface area contributed by atoms with Gasteiger partial charge in [0.15, 0.2) is 0 Å². The second kappa shape index (κ2) is 3.11. The summed E-state index contributed by atoms with van der Waals surface area (Å²) in [4.78, 5) is 4.18. The van der Waals surface area contributed by atoms with Gasteiger partial charge < -0.3 is 0 Å². The molecule has 0 N–H and O–H groups in total. The Balaban J connectivity index is 2.94. The third-order valence-electron chi connectivity index (χ3n) is 1.91. The van der Waals surface area contributed by atoms with E-state index >= 15 is 0 Å². The first-order valence-corrected chi connectivity index (χ1v) is 4.57. The van der Waals surface area contributed by atoms with Crippen LogP contribution in [-0.4, -0.2) is 4.98 Å². The number of nitrogens with zero attached hydrogens (tertiary/aromatic N) is 1. The van der Waals surface area contributed by atoms with E-state index < -0.39 is 0 Å². The normalized spacial score (nSPS) is 10.7. The Kier molecular flexibility index (Phi) is 2.08. The average Bonchev–Trinajstić information content (AvgIpc) is 2.15. The maximum absolute atomic E-state index is 5.75. The van der Waals surface area contributed by atoms with Gasteiger partial charge in [0, 0.05) is 23.0 Å². The second-order valence-corrected chi connectivity index (χ2v) is 3.56. The molecule has 0 atom stereocenters. The molecule has 1 aromatic carbocycles. The SMILES string of the molecule is [CH]c1cc2ncccc2c(Br)c1[CH]. The molecule has 4 radical (unpaired) electrons. The van der Waals surface area contributed by atoms with E-state index in [1.54, 1.807) is 12.3 Å². The van der Waals surface area contributed by atoms with Crippen molar-refractivity contribution in [1.29, 1.82) is 0 Å². The zero-order chi connectivity index (χ0) is 9.42. The van der Waals surface area contributed by atoms with Gasteiger partial charge in [-0.3, -0.25) is 4.98 Å². The molecule has 1 nitrogen and oxygen atoms in total. The highest BCUT2D eigenvalue weighted by atomic mass is 79.9. The third kappa shape index (κ3) is 1.35. The van der Waals surface area contributed by atoms with Crippen LogP contribution in [0.15, 0.2) is 28.9 Å². The number of rotatable bonds is 0. The van der Waals surface area contributed by atoms with E-state index in [4.69, 9.17) is 13.8 Å². The lowest BCUT2D eigenvalue weighted by Gasteiger charge is -2.05. The predicted molar refractivity (Wildman–Crippen MR) is 56.2 cm³/mol. The largest absolute Gasteiger partial charge is 0.256 e. The lowest BCUT2D eigenvalue weighted by Crippen LogP contribution is -1.86. The number of benzene rings is 1. The van der Waals surface area contributed by atoms with Crippen LogP contribution < -0.4 is 0 Å². The number of hydrogen-bond acceptors (Lipinski definition) is 1. The van der Waals surface area contributed by atoms with Gasteiger partial charge in [0.05, 0.1) is 5.52 Å². The molecular formula is C11H6BrN. The van der Waals surface area contributed by atoms with E-state index in [-0.39, 0.29) is 0 Å². The molecule has 0 spiro atoms. The standard InChI is InChI=1S/C11H6BrN/c1-7-6-10-9(4-3-5-13-10)11(12)8(7)2/h1-6H. The maximum atomic E-state index is 5.75. The van der Waals surface area contributed by atoms with E-state index in [9.17, 15) is 0 Å². The number of pyridine rings is 1. The van der Waals surface area contributed by atoms with Crippen molar-refractivity contribution in [3.05, 3.63) is 53.8 Å². The molecule has 0 aliphatic rings. The zero-order valence-corrected chi connectivity index (χ0v) is 8.38. The Hall–Kier alpha value is -0.890. The van der Waals surface area contributed by atoms with Crippen molar-refractivity contribution in [3.8, 4) is 0 Å². The van der Waals surface area contributed by atoms with Crippen LogP contribution in [0, 0.1) is 13.8 Å². The fraction of sp³-hybridized carbons (Fsp3) is 0. The van der Waals surface area contributed by atoms with Crippen molar-refractivity contribution in [3.63, 3.8) is 0 Å². The van der Waals surface area contributed by atoms with Gasteiger partial charge in [-0.15, -0.1) is 0 Å². The number of fused-ring (bicyclic) bond motifs is 1. The molecule has 0 aliphatic heterocycles. The molecule has 0 saturated carbocycles. The van der Waals surface area contributed by atoms with Crippen LogP contribution in [0.25, 0.3) is 10.9 Å². The van der Waals surface area contributed by atoms with Gasteiger partial charge in [0.1, 0.15) is 0 Å². The highest BCUT2D eigenvalue weighted by molar-refractivity contribution is 9.10. The molecule has 2 aromatic rings. The molecule has 1 heterocycles. The minimum atomic E-state index is 0.554. The quantitative estimate of drug-likeness (QED) is 0.680. The van der Waals surface area contributed by atoms with Gasteiger partial charge in [-0.05, 0) is 46.1 Å². The summed E-state index contributed by atoms with van der Waals surface area (Å²) in [5, 5.41) is 0.981. The van der Waals surface area contributed by atoms with E-state index in [1.165, 1.54) is 0 Å². The fourth-order valence-corrected chi connectivity index (χ4v) is 1.78. The van der Waals surface area contributed by atoms with Crippen molar-refractivity contribution in [2.45, 2.75) is 0 Å². The minimum absolute atomic E-state index is 0.554. The van der Waals surface area contributed by atoms with Crippen LogP contribution in [0.4, 0.5) is 0 Å².